The van der Waals surface area contributed by atoms with Crippen LogP contribution in [0.15, 0.2) is 47.4 Å². The van der Waals surface area contributed by atoms with Crippen LogP contribution < -0.4 is 5.32 Å². The normalized spacial score (nSPS) is 18.3. The number of anilines is 1. The number of nitrogens with one attached hydrogen (secondary N) is 1. The number of carbonyl (C=O) groups is 1. The van der Waals surface area contributed by atoms with Crippen LogP contribution in [0.25, 0.3) is 0 Å². The molecule has 0 spiro atoms. The molecule has 0 aromatic heterocycles. The van der Waals surface area contributed by atoms with Crippen LogP contribution >= 0.6 is 0 Å². The summed E-state index contributed by atoms with van der Waals surface area (Å²) in [5.74, 6) is -3.02. The van der Waals surface area contributed by atoms with Gasteiger partial charge in [0.1, 0.15) is 23.5 Å². The maximum absolute atomic E-state index is 13.8. The number of rotatable bonds is 4. The predicted molar refractivity (Wildman–Crippen MR) is 92.9 cm³/mol. The van der Waals surface area contributed by atoms with E-state index in [1.807, 2.05) is 0 Å². The van der Waals surface area contributed by atoms with Crippen LogP contribution in [0.4, 0.5) is 18.9 Å². The first kappa shape index (κ1) is 19.4. The zero-order chi connectivity index (χ0) is 19.6. The second kappa shape index (κ2) is 7.69. The average Bonchev–Trinajstić information content (AvgIpc) is 2.64. The van der Waals surface area contributed by atoms with Gasteiger partial charge in [0.2, 0.25) is 15.9 Å². The summed E-state index contributed by atoms with van der Waals surface area (Å²) in [6.07, 6.45) is 1.45. The van der Waals surface area contributed by atoms with Gasteiger partial charge in [-0.3, -0.25) is 4.79 Å². The van der Waals surface area contributed by atoms with Crippen molar-refractivity contribution in [3.8, 4) is 0 Å². The molecule has 0 radical (unpaired) electrons. The fraction of sp³-hybridized carbons (Fsp3) is 0.278. The van der Waals surface area contributed by atoms with Crippen molar-refractivity contribution in [3.63, 3.8) is 0 Å². The Morgan fingerprint density at radius 3 is 2.33 bits per heavy atom. The lowest BCUT2D eigenvalue weighted by Crippen LogP contribution is -2.49. The Hall–Kier alpha value is -2.39. The summed E-state index contributed by atoms with van der Waals surface area (Å²) < 4.78 is 66.7. The fourth-order valence-electron chi connectivity index (χ4n) is 3.00. The summed E-state index contributed by atoms with van der Waals surface area (Å²) in [6.45, 7) is 0.115. The summed E-state index contributed by atoms with van der Waals surface area (Å²) in [6, 6.07) is 5.97. The van der Waals surface area contributed by atoms with Gasteiger partial charge in [-0.25, -0.2) is 21.6 Å². The summed E-state index contributed by atoms with van der Waals surface area (Å²) in [5, 5.41) is 2.32. The summed E-state index contributed by atoms with van der Waals surface area (Å²) in [5.41, 5.74) is -0.230. The van der Waals surface area contributed by atoms with Crippen LogP contribution in [0.2, 0.25) is 0 Å². The van der Waals surface area contributed by atoms with E-state index in [9.17, 15) is 26.4 Å². The third-order valence-electron chi connectivity index (χ3n) is 4.37. The van der Waals surface area contributed by atoms with Crippen molar-refractivity contribution in [1.82, 2.24) is 4.31 Å². The van der Waals surface area contributed by atoms with Crippen molar-refractivity contribution < 1.29 is 26.4 Å². The van der Waals surface area contributed by atoms with E-state index in [0.717, 1.165) is 40.7 Å². The number of carbonyl (C=O) groups excluding carboxylic acids is 1. The number of piperidine rings is 1. The van der Waals surface area contributed by atoms with Gasteiger partial charge in [-0.05, 0) is 49.2 Å². The molecule has 1 aliphatic heterocycles. The first-order valence-corrected chi connectivity index (χ1v) is 9.76. The minimum Gasteiger partial charge on any atom is -0.322 e. The monoisotopic (exact) mass is 398 g/mol. The summed E-state index contributed by atoms with van der Waals surface area (Å²) >= 11 is 0. The minimum atomic E-state index is -4.03. The molecular formula is C18H17F3N2O3S. The van der Waals surface area contributed by atoms with Crippen LogP contribution in [0.1, 0.15) is 19.3 Å². The molecule has 0 saturated carbocycles. The predicted octanol–water partition coefficient (Wildman–Crippen LogP) is 3.29. The largest absolute Gasteiger partial charge is 0.322 e. The molecule has 0 unspecified atom stereocenters. The lowest BCUT2D eigenvalue weighted by atomic mass is 10.0. The van der Waals surface area contributed by atoms with Crippen molar-refractivity contribution in [2.75, 3.05) is 11.9 Å². The molecule has 1 aliphatic rings. The Bertz CT molecular complexity index is 949. The molecule has 0 aliphatic carbocycles. The second-order valence-electron chi connectivity index (χ2n) is 6.19. The van der Waals surface area contributed by atoms with Gasteiger partial charge in [0, 0.05) is 12.6 Å². The third kappa shape index (κ3) is 4.14. The Morgan fingerprint density at radius 1 is 1.00 bits per heavy atom. The van der Waals surface area contributed by atoms with Crippen LogP contribution in [-0.2, 0) is 14.8 Å². The van der Waals surface area contributed by atoms with Crippen LogP contribution in [0, 0.1) is 17.5 Å². The molecule has 9 heteroatoms. The van der Waals surface area contributed by atoms with Gasteiger partial charge >= 0.3 is 0 Å². The third-order valence-corrected chi connectivity index (χ3v) is 6.29. The van der Waals surface area contributed by atoms with Gasteiger partial charge in [0.05, 0.1) is 10.6 Å². The minimum absolute atomic E-state index is 0.115. The highest BCUT2D eigenvalue weighted by atomic mass is 32.2. The molecule has 3 rings (SSSR count). The van der Waals surface area contributed by atoms with Crippen molar-refractivity contribution in [3.05, 3.63) is 59.9 Å². The zero-order valence-electron chi connectivity index (χ0n) is 14.2. The van der Waals surface area contributed by atoms with Gasteiger partial charge in [0.15, 0.2) is 0 Å². The molecule has 1 saturated heterocycles. The Morgan fingerprint density at radius 2 is 1.67 bits per heavy atom. The lowest BCUT2D eigenvalue weighted by Gasteiger charge is -2.33. The van der Waals surface area contributed by atoms with E-state index in [0.29, 0.717) is 18.9 Å². The number of hydrogen-bond acceptors (Lipinski definition) is 3. The number of amides is 1. The molecule has 0 bridgehead atoms. The summed E-state index contributed by atoms with van der Waals surface area (Å²) in [7, 11) is -4.03. The molecule has 1 heterocycles. The maximum Gasteiger partial charge on any atom is 0.243 e. The van der Waals surface area contributed by atoms with Crippen LogP contribution in [0.5, 0.6) is 0 Å². The molecule has 1 atom stereocenters. The van der Waals surface area contributed by atoms with Gasteiger partial charge in [0.25, 0.3) is 0 Å². The van der Waals surface area contributed by atoms with E-state index >= 15 is 0 Å². The zero-order valence-corrected chi connectivity index (χ0v) is 15.0. The first-order valence-electron chi connectivity index (χ1n) is 8.32. The Balaban J connectivity index is 1.86. The van der Waals surface area contributed by atoms with Gasteiger partial charge < -0.3 is 5.32 Å². The number of benzene rings is 2. The molecular weight excluding hydrogens is 381 g/mol. The first-order chi connectivity index (χ1) is 12.8. The molecule has 1 N–H and O–H groups in total. The Labute approximate surface area is 154 Å². The van der Waals surface area contributed by atoms with E-state index in [1.165, 1.54) is 0 Å². The molecule has 144 valence electrons. The number of hydrogen-bond donors (Lipinski definition) is 1. The smallest absolute Gasteiger partial charge is 0.243 e. The molecule has 5 nitrogen and oxygen atoms in total. The molecule has 1 fully saturated rings. The highest BCUT2D eigenvalue weighted by molar-refractivity contribution is 7.89. The van der Waals surface area contributed by atoms with E-state index < -0.39 is 39.4 Å². The standard InChI is InChI=1S/C18H17F3N2O3S/c19-12-4-7-14(8-5-12)27(25,26)23-10-2-1-3-17(23)18(24)22-16-9-6-13(20)11-15(16)21/h4-9,11,17H,1-3,10H2,(H,22,24)/t17-/m1/s1. The number of nitrogens with zero attached hydrogens (tertiary/aromatic N) is 1. The van der Waals surface area contributed by atoms with E-state index in [2.05, 4.69) is 5.32 Å². The van der Waals surface area contributed by atoms with Gasteiger partial charge in [-0.1, -0.05) is 6.42 Å². The molecule has 1 amide bonds. The van der Waals surface area contributed by atoms with E-state index in [4.69, 9.17) is 0 Å². The second-order valence-corrected chi connectivity index (χ2v) is 8.09. The average molecular weight is 398 g/mol. The number of halogens is 3. The van der Waals surface area contributed by atoms with Crippen molar-refractivity contribution in [1.29, 1.82) is 0 Å². The highest BCUT2D eigenvalue weighted by Crippen LogP contribution is 2.27. The molecule has 27 heavy (non-hydrogen) atoms. The summed E-state index contributed by atoms with van der Waals surface area (Å²) in [4.78, 5) is 12.5. The van der Waals surface area contributed by atoms with E-state index in [-0.39, 0.29) is 23.5 Å². The van der Waals surface area contributed by atoms with Gasteiger partial charge in [-0.2, -0.15) is 4.31 Å². The van der Waals surface area contributed by atoms with Crippen LogP contribution in [0.3, 0.4) is 0 Å². The SMILES string of the molecule is O=C(Nc1ccc(F)cc1F)[C@H]1CCCCN1S(=O)(=O)c1ccc(F)cc1. The molecule has 2 aromatic carbocycles. The maximum atomic E-state index is 13.8. The highest BCUT2D eigenvalue weighted by Gasteiger charge is 2.37. The Kier molecular flexibility index (Phi) is 5.52. The van der Waals surface area contributed by atoms with Gasteiger partial charge in [-0.15, -0.1) is 0 Å². The van der Waals surface area contributed by atoms with E-state index in [1.54, 1.807) is 0 Å². The van der Waals surface area contributed by atoms with Crippen molar-refractivity contribution in [2.24, 2.45) is 0 Å². The molecule has 2 aromatic rings. The lowest BCUT2D eigenvalue weighted by molar-refractivity contribution is -0.120. The number of sulfonamides is 1. The quantitative estimate of drug-likeness (QED) is 0.860. The van der Waals surface area contributed by atoms with Crippen LogP contribution in [-0.4, -0.2) is 31.2 Å². The van der Waals surface area contributed by atoms with Crippen molar-refractivity contribution in [2.45, 2.75) is 30.2 Å². The topological polar surface area (TPSA) is 66.5 Å². The fourth-order valence-corrected chi connectivity index (χ4v) is 4.66. The van der Waals surface area contributed by atoms with Crippen molar-refractivity contribution >= 4 is 21.6 Å².